The zero-order valence-electron chi connectivity index (χ0n) is 9.80. The van der Waals surface area contributed by atoms with Gasteiger partial charge in [0.25, 0.3) is 0 Å². The molecule has 2 atom stereocenters. The fraction of sp³-hybridized carbons (Fsp3) is 1.00. The van der Waals surface area contributed by atoms with Gasteiger partial charge in [-0.15, -0.1) is 11.6 Å². The summed E-state index contributed by atoms with van der Waals surface area (Å²) in [5.74, 6) is 0.873. The summed E-state index contributed by atoms with van der Waals surface area (Å²) < 4.78 is 6.03. The van der Waals surface area contributed by atoms with E-state index < -0.39 is 0 Å². The molecule has 0 amide bonds. The molecule has 1 heterocycles. The lowest BCUT2D eigenvalue weighted by molar-refractivity contribution is -0.0938. The zero-order chi connectivity index (χ0) is 10.7. The fourth-order valence-electron chi connectivity index (χ4n) is 3.21. The van der Waals surface area contributed by atoms with Crippen LogP contribution in [-0.2, 0) is 4.74 Å². The molecule has 0 radical (unpaired) electrons. The third kappa shape index (κ3) is 3.10. The van der Waals surface area contributed by atoms with Gasteiger partial charge in [0, 0.05) is 12.0 Å². The molecule has 1 spiro atoms. The average molecular weight is 231 g/mol. The van der Waals surface area contributed by atoms with Crippen molar-refractivity contribution in [3.8, 4) is 0 Å². The van der Waals surface area contributed by atoms with Gasteiger partial charge in [-0.1, -0.05) is 12.8 Å². The van der Waals surface area contributed by atoms with Gasteiger partial charge in [0.05, 0.1) is 5.60 Å². The molecule has 1 saturated carbocycles. The molecule has 0 N–H and O–H groups in total. The molecule has 2 rings (SSSR count). The van der Waals surface area contributed by atoms with Crippen LogP contribution in [0.2, 0.25) is 0 Å². The van der Waals surface area contributed by atoms with Crippen LogP contribution in [0.1, 0.15) is 58.3 Å². The molecule has 0 aromatic rings. The van der Waals surface area contributed by atoms with Crippen molar-refractivity contribution in [3.05, 3.63) is 0 Å². The van der Waals surface area contributed by atoms with Gasteiger partial charge in [-0.2, -0.15) is 0 Å². The molecule has 88 valence electrons. The Morgan fingerprint density at radius 3 is 2.80 bits per heavy atom. The molecule has 2 unspecified atom stereocenters. The second-order valence-corrected chi connectivity index (χ2v) is 6.20. The van der Waals surface area contributed by atoms with Crippen molar-refractivity contribution in [1.82, 2.24) is 0 Å². The SMILES string of the molecule is CC(Cl)CCC1CCOC2(CCCC2)C1. The van der Waals surface area contributed by atoms with Crippen LogP contribution in [0, 0.1) is 5.92 Å². The van der Waals surface area contributed by atoms with E-state index in [0.717, 1.165) is 12.5 Å². The molecule has 15 heavy (non-hydrogen) atoms. The monoisotopic (exact) mass is 230 g/mol. The smallest absolute Gasteiger partial charge is 0.0685 e. The topological polar surface area (TPSA) is 9.23 Å². The third-order valence-electron chi connectivity index (χ3n) is 4.08. The van der Waals surface area contributed by atoms with Gasteiger partial charge < -0.3 is 4.74 Å². The minimum absolute atomic E-state index is 0.290. The Morgan fingerprint density at radius 1 is 1.40 bits per heavy atom. The summed E-state index contributed by atoms with van der Waals surface area (Å²) in [7, 11) is 0. The minimum atomic E-state index is 0.290. The third-order valence-corrected chi connectivity index (χ3v) is 4.30. The van der Waals surface area contributed by atoms with Crippen LogP contribution in [0.25, 0.3) is 0 Å². The van der Waals surface area contributed by atoms with E-state index in [2.05, 4.69) is 6.92 Å². The molecular weight excluding hydrogens is 208 g/mol. The molecule has 2 heteroatoms. The second-order valence-electron chi connectivity index (χ2n) is 5.46. The molecule has 0 aromatic carbocycles. The Bertz CT molecular complexity index is 197. The first kappa shape index (κ1) is 11.7. The van der Waals surface area contributed by atoms with E-state index in [0.29, 0.717) is 11.0 Å². The van der Waals surface area contributed by atoms with Crippen LogP contribution in [0.3, 0.4) is 0 Å². The summed E-state index contributed by atoms with van der Waals surface area (Å²) >= 11 is 6.02. The van der Waals surface area contributed by atoms with Crippen molar-refractivity contribution in [1.29, 1.82) is 0 Å². The van der Waals surface area contributed by atoms with Crippen LogP contribution >= 0.6 is 11.6 Å². The van der Waals surface area contributed by atoms with E-state index in [-0.39, 0.29) is 0 Å². The molecule has 0 bridgehead atoms. The lowest BCUT2D eigenvalue weighted by Crippen LogP contribution is -2.37. The van der Waals surface area contributed by atoms with Gasteiger partial charge in [-0.05, 0) is 51.4 Å². The number of alkyl halides is 1. The Morgan fingerprint density at radius 2 is 2.13 bits per heavy atom. The van der Waals surface area contributed by atoms with Crippen molar-refractivity contribution < 1.29 is 4.74 Å². The quantitative estimate of drug-likeness (QED) is 0.663. The molecular formula is C13H23ClO. The highest BCUT2D eigenvalue weighted by Crippen LogP contribution is 2.43. The molecule has 1 nitrogen and oxygen atoms in total. The molecule has 1 saturated heterocycles. The van der Waals surface area contributed by atoms with Gasteiger partial charge in [0.15, 0.2) is 0 Å². The van der Waals surface area contributed by atoms with Crippen LogP contribution in [0.4, 0.5) is 0 Å². The maximum Gasteiger partial charge on any atom is 0.0685 e. The van der Waals surface area contributed by atoms with E-state index in [1.54, 1.807) is 0 Å². The number of rotatable bonds is 3. The average Bonchev–Trinajstić information content (AvgIpc) is 2.63. The Labute approximate surface area is 98.5 Å². The highest BCUT2D eigenvalue weighted by atomic mass is 35.5. The lowest BCUT2D eigenvalue weighted by atomic mass is 9.82. The van der Waals surface area contributed by atoms with Gasteiger partial charge >= 0.3 is 0 Å². The lowest BCUT2D eigenvalue weighted by Gasteiger charge is -2.38. The standard InChI is InChI=1S/C13H23ClO/c1-11(14)4-5-12-6-9-15-13(10-12)7-2-3-8-13/h11-12H,2-10H2,1H3. The Hall–Kier alpha value is 0.250. The van der Waals surface area contributed by atoms with Crippen LogP contribution in [0.15, 0.2) is 0 Å². The minimum Gasteiger partial charge on any atom is -0.375 e. The maximum atomic E-state index is 6.03. The van der Waals surface area contributed by atoms with E-state index in [9.17, 15) is 0 Å². The van der Waals surface area contributed by atoms with Gasteiger partial charge in [0.1, 0.15) is 0 Å². The van der Waals surface area contributed by atoms with Crippen molar-refractivity contribution >= 4 is 11.6 Å². The Balaban J connectivity index is 1.81. The van der Waals surface area contributed by atoms with E-state index in [4.69, 9.17) is 16.3 Å². The van der Waals surface area contributed by atoms with Gasteiger partial charge in [-0.3, -0.25) is 0 Å². The zero-order valence-corrected chi connectivity index (χ0v) is 10.6. The van der Waals surface area contributed by atoms with E-state index >= 15 is 0 Å². The summed E-state index contributed by atoms with van der Waals surface area (Å²) in [6.45, 7) is 3.09. The highest BCUT2D eigenvalue weighted by Gasteiger charge is 2.39. The summed E-state index contributed by atoms with van der Waals surface area (Å²) in [6.07, 6.45) is 10.4. The number of hydrogen-bond donors (Lipinski definition) is 0. The van der Waals surface area contributed by atoms with Crippen molar-refractivity contribution in [2.75, 3.05) is 6.61 Å². The van der Waals surface area contributed by atoms with Crippen molar-refractivity contribution in [2.24, 2.45) is 5.92 Å². The van der Waals surface area contributed by atoms with Crippen molar-refractivity contribution in [2.45, 2.75) is 69.3 Å². The summed E-state index contributed by atoms with van der Waals surface area (Å²) in [4.78, 5) is 0. The first-order valence-electron chi connectivity index (χ1n) is 6.48. The molecule has 2 aliphatic rings. The van der Waals surface area contributed by atoms with Crippen molar-refractivity contribution in [3.63, 3.8) is 0 Å². The molecule has 2 fully saturated rings. The van der Waals surface area contributed by atoms with Crippen LogP contribution in [0.5, 0.6) is 0 Å². The predicted octanol–water partition coefficient (Wildman–Crippen LogP) is 4.13. The highest BCUT2D eigenvalue weighted by molar-refractivity contribution is 6.20. The maximum absolute atomic E-state index is 6.03. The number of halogens is 1. The van der Waals surface area contributed by atoms with E-state index in [1.165, 1.54) is 51.4 Å². The normalized spacial score (nSPS) is 32.0. The Kier molecular flexibility index (Phi) is 3.95. The summed E-state index contributed by atoms with van der Waals surface area (Å²) in [5.41, 5.74) is 0.290. The number of ether oxygens (including phenoxy) is 1. The largest absolute Gasteiger partial charge is 0.375 e. The number of hydrogen-bond acceptors (Lipinski definition) is 1. The first-order valence-corrected chi connectivity index (χ1v) is 6.92. The fourth-order valence-corrected chi connectivity index (χ4v) is 3.33. The summed E-state index contributed by atoms with van der Waals surface area (Å²) in [5, 5.41) is 0.340. The first-order chi connectivity index (χ1) is 7.20. The van der Waals surface area contributed by atoms with Gasteiger partial charge in [0.2, 0.25) is 0 Å². The van der Waals surface area contributed by atoms with E-state index in [1.807, 2.05) is 0 Å². The summed E-state index contributed by atoms with van der Waals surface area (Å²) in [6, 6.07) is 0. The predicted molar refractivity (Wildman–Crippen MR) is 64.4 cm³/mol. The van der Waals surface area contributed by atoms with Gasteiger partial charge in [-0.25, -0.2) is 0 Å². The van der Waals surface area contributed by atoms with Crippen LogP contribution < -0.4 is 0 Å². The molecule has 1 aliphatic carbocycles. The second kappa shape index (κ2) is 5.05. The van der Waals surface area contributed by atoms with Crippen LogP contribution in [-0.4, -0.2) is 17.6 Å². The molecule has 0 aromatic heterocycles. The molecule has 1 aliphatic heterocycles.